The summed E-state index contributed by atoms with van der Waals surface area (Å²) >= 11 is 11.8. The van der Waals surface area contributed by atoms with E-state index in [1.165, 1.54) is 12.1 Å². The number of hydrogen-bond acceptors (Lipinski definition) is 3. The van der Waals surface area contributed by atoms with Crippen molar-refractivity contribution in [1.82, 2.24) is 9.97 Å². The Morgan fingerprint density at radius 3 is 2.42 bits per heavy atom. The molecule has 4 rings (SSSR count). The van der Waals surface area contributed by atoms with Gasteiger partial charge in [0.1, 0.15) is 0 Å². The highest BCUT2D eigenvalue weighted by atomic mass is 35.5. The van der Waals surface area contributed by atoms with Crippen LogP contribution in [0.2, 0.25) is 10.0 Å². The van der Waals surface area contributed by atoms with E-state index in [4.69, 9.17) is 23.2 Å². The van der Waals surface area contributed by atoms with Crippen LogP contribution in [-0.4, -0.2) is 15.9 Å². The van der Waals surface area contributed by atoms with Crippen LogP contribution < -0.4 is 5.32 Å². The second kappa shape index (κ2) is 8.17. The van der Waals surface area contributed by atoms with Crippen molar-refractivity contribution in [1.29, 1.82) is 0 Å². The minimum atomic E-state index is -4.70. The molecular formula is C22H12Cl2F3N3O. The predicted octanol–water partition coefficient (Wildman–Crippen LogP) is 6.87. The molecule has 0 aliphatic heterocycles. The SMILES string of the molecule is O=C(Nc1ccc(Cl)cc1C(F)(F)F)c1cc(-c2cccnc2)nc2ccc(Cl)cc12. The average Bonchev–Trinajstić information content (AvgIpc) is 2.74. The number of hydrogen-bond donors (Lipinski definition) is 1. The summed E-state index contributed by atoms with van der Waals surface area (Å²) in [6, 6.07) is 12.9. The van der Waals surface area contributed by atoms with Crippen LogP contribution in [-0.2, 0) is 6.18 Å². The van der Waals surface area contributed by atoms with Gasteiger partial charge in [-0.1, -0.05) is 23.2 Å². The molecule has 9 heteroatoms. The summed E-state index contributed by atoms with van der Waals surface area (Å²) < 4.78 is 40.3. The third kappa shape index (κ3) is 4.47. The molecule has 2 aromatic carbocycles. The van der Waals surface area contributed by atoms with Crippen molar-refractivity contribution in [3.05, 3.63) is 88.2 Å². The largest absolute Gasteiger partial charge is 0.418 e. The van der Waals surface area contributed by atoms with Crippen molar-refractivity contribution in [3.8, 4) is 11.3 Å². The molecule has 1 amide bonds. The maximum atomic E-state index is 13.4. The molecule has 1 N–H and O–H groups in total. The molecule has 0 unspecified atom stereocenters. The monoisotopic (exact) mass is 461 g/mol. The van der Waals surface area contributed by atoms with E-state index in [0.717, 1.165) is 12.1 Å². The first kappa shape index (κ1) is 21.1. The number of halogens is 5. The van der Waals surface area contributed by atoms with Gasteiger partial charge in [0.2, 0.25) is 0 Å². The van der Waals surface area contributed by atoms with Gasteiger partial charge in [-0.15, -0.1) is 0 Å². The molecule has 4 nitrogen and oxygen atoms in total. The van der Waals surface area contributed by atoms with Gasteiger partial charge in [0.05, 0.1) is 28.0 Å². The summed E-state index contributed by atoms with van der Waals surface area (Å²) in [5.41, 5.74) is 0.225. The number of carbonyl (C=O) groups is 1. The Bertz CT molecular complexity index is 1290. The fourth-order valence-corrected chi connectivity index (χ4v) is 3.44. The summed E-state index contributed by atoms with van der Waals surface area (Å²) in [7, 11) is 0. The first-order valence-corrected chi connectivity index (χ1v) is 9.67. The topological polar surface area (TPSA) is 54.9 Å². The van der Waals surface area contributed by atoms with Crippen LogP contribution in [0, 0.1) is 0 Å². The predicted molar refractivity (Wildman–Crippen MR) is 114 cm³/mol. The van der Waals surface area contributed by atoms with E-state index in [1.807, 2.05) is 0 Å². The number of amides is 1. The van der Waals surface area contributed by atoms with Gasteiger partial charge in [-0.05, 0) is 54.6 Å². The average molecular weight is 462 g/mol. The van der Waals surface area contributed by atoms with Crippen LogP contribution in [0.15, 0.2) is 67.0 Å². The highest BCUT2D eigenvalue weighted by Gasteiger charge is 2.34. The third-order valence-electron chi connectivity index (χ3n) is 4.51. The second-order valence-corrected chi connectivity index (χ2v) is 7.47. The zero-order valence-corrected chi connectivity index (χ0v) is 17.1. The lowest BCUT2D eigenvalue weighted by Gasteiger charge is -2.15. The molecule has 0 atom stereocenters. The number of carbonyl (C=O) groups excluding carboxylic acids is 1. The van der Waals surface area contributed by atoms with Gasteiger partial charge in [0.15, 0.2) is 0 Å². The van der Waals surface area contributed by atoms with E-state index in [2.05, 4.69) is 15.3 Å². The van der Waals surface area contributed by atoms with E-state index in [0.29, 0.717) is 27.2 Å². The Hall–Kier alpha value is -3.16. The number of nitrogens with zero attached hydrogens (tertiary/aromatic N) is 2. The molecule has 0 fully saturated rings. The third-order valence-corrected chi connectivity index (χ3v) is 4.98. The first-order chi connectivity index (χ1) is 14.7. The highest BCUT2D eigenvalue weighted by molar-refractivity contribution is 6.32. The number of fused-ring (bicyclic) bond motifs is 1. The Morgan fingerprint density at radius 2 is 1.71 bits per heavy atom. The molecule has 0 aliphatic carbocycles. The van der Waals surface area contributed by atoms with Crippen molar-refractivity contribution < 1.29 is 18.0 Å². The molecule has 4 aromatic rings. The lowest BCUT2D eigenvalue weighted by Crippen LogP contribution is -2.17. The lowest BCUT2D eigenvalue weighted by atomic mass is 10.0. The van der Waals surface area contributed by atoms with Crippen molar-refractivity contribution in [2.75, 3.05) is 5.32 Å². The Balaban J connectivity index is 1.84. The number of anilines is 1. The van der Waals surface area contributed by atoms with E-state index in [-0.39, 0.29) is 10.6 Å². The van der Waals surface area contributed by atoms with Crippen LogP contribution >= 0.6 is 23.2 Å². The Labute approximate surface area is 184 Å². The number of nitrogens with one attached hydrogen (secondary N) is 1. The van der Waals surface area contributed by atoms with Gasteiger partial charge in [-0.2, -0.15) is 13.2 Å². The molecule has 0 aliphatic rings. The van der Waals surface area contributed by atoms with E-state index >= 15 is 0 Å². The van der Waals surface area contributed by atoms with E-state index in [1.54, 1.807) is 42.7 Å². The molecule has 0 radical (unpaired) electrons. The van der Waals surface area contributed by atoms with Gasteiger partial charge in [0.25, 0.3) is 5.91 Å². The maximum absolute atomic E-state index is 13.4. The number of benzene rings is 2. The maximum Gasteiger partial charge on any atom is 0.418 e. The fourth-order valence-electron chi connectivity index (χ4n) is 3.10. The first-order valence-electron chi connectivity index (χ1n) is 8.91. The van der Waals surface area contributed by atoms with Crippen molar-refractivity contribution >= 4 is 45.7 Å². The standard InChI is InChI=1S/C22H12Cl2F3N3O/c23-13-3-5-18-15(8-13)16(10-20(29-18)12-2-1-7-28-11-12)21(31)30-19-6-4-14(24)9-17(19)22(25,26)27/h1-11H,(H,30,31). The molecule has 0 saturated carbocycles. The molecule has 2 aromatic heterocycles. The fraction of sp³-hybridized carbons (Fsp3) is 0.0455. The molecule has 156 valence electrons. The Morgan fingerprint density at radius 1 is 0.968 bits per heavy atom. The van der Waals surface area contributed by atoms with Gasteiger partial charge in [0, 0.05) is 33.4 Å². The van der Waals surface area contributed by atoms with Gasteiger partial charge in [-0.25, -0.2) is 4.98 Å². The van der Waals surface area contributed by atoms with Gasteiger partial charge < -0.3 is 5.32 Å². The summed E-state index contributed by atoms with van der Waals surface area (Å²) in [6.45, 7) is 0. The second-order valence-electron chi connectivity index (χ2n) is 6.60. The summed E-state index contributed by atoms with van der Waals surface area (Å²) in [5, 5.41) is 3.02. The zero-order valence-electron chi connectivity index (χ0n) is 15.5. The van der Waals surface area contributed by atoms with Gasteiger partial charge in [-0.3, -0.25) is 9.78 Å². The lowest BCUT2D eigenvalue weighted by molar-refractivity contribution is -0.136. The smallest absolute Gasteiger partial charge is 0.321 e. The quantitative estimate of drug-likeness (QED) is 0.361. The molecular weight excluding hydrogens is 450 g/mol. The van der Waals surface area contributed by atoms with Crippen LogP contribution in [0.5, 0.6) is 0 Å². The van der Waals surface area contributed by atoms with Crippen LogP contribution in [0.25, 0.3) is 22.2 Å². The molecule has 31 heavy (non-hydrogen) atoms. The van der Waals surface area contributed by atoms with E-state index in [9.17, 15) is 18.0 Å². The van der Waals surface area contributed by atoms with Gasteiger partial charge >= 0.3 is 6.18 Å². The molecule has 0 spiro atoms. The highest BCUT2D eigenvalue weighted by Crippen LogP contribution is 2.37. The van der Waals surface area contributed by atoms with Crippen molar-refractivity contribution in [3.63, 3.8) is 0 Å². The summed E-state index contributed by atoms with van der Waals surface area (Å²) in [4.78, 5) is 21.7. The minimum Gasteiger partial charge on any atom is -0.321 e. The van der Waals surface area contributed by atoms with E-state index < -0.39 is 23.3 Å². The number of rotatable bonds is 3. The van der Waals surface area contributed by atoms with Crippen molar-refractivity contribution in [2.24, 2.45) is 0 Å². The number of alkyl halides is 3. The number of pyridine rings is 2. The van der Waals surface area contributed by atoms with Crippen LogP contribution in [0.1, 0.15) is 15.9 Å². The summed E-state index contributed by atoms with van der Waals surface area (Å²) in [5.74, 6) is -0.743. The van der Waals surface area contributed by atoms with Crippen LogP contribution in [0.3, 0.4) is 0 Å². The normalized spacial score (nSPS) is 11.5. The molecule has 0 bridgehead atoms. The molecule has 0 saturated heterocycles. The Kier molecular flexibility index (Phi) is 5.56. The minimum absolute atomic E-state index is 0.0923. The van der Waals surface area contributed by atoms with Crippen LogP contribution in [0.4, 0.5) is 18.9 Å². The van der Waals surface area contributed by atoms with Crippen molar-refractivity contribution in [2.45, 2.75) is 6.18 Å². The summed E-state index contributed by atoms with van der Waals surface area (Å²) in [6.07, 6.45) is -1.53. The zero-order chi connectivity index (χ0) is 22.2. The number of aromatic nitrogens is 2. The molecule has 2 heterocycles.